The van der Waals surface area contributed by atoms with Crippen LogP contribution in [-0.4, -0.2) is 19.8 Å². The third kappa shape index (κ3) is 4.15. The normalized spacial score (nSPS) is 14.2. The summed E-state index contributed by atoms with van der Waals surface area (Å²) in [5.41, 5.74) is 2.14. The van der Waals surface area contributed by atoms with Gasteiger partial charge in [-0.25, -0.2) is 0 Å². The highest BCUT2D eigenvalue weighted by Gasteiger charge is 2.20. The largest absolute Gasteiger partial charge is 0.493 e. The molecule has 1 aliphatic carbocycles. The quantitative estimate of drug-likeness (QED) is 0.737. The predicted octanol–water partition coefficient (Wildman–Crippen LogP) is 3.95. The van der Waals surface area contributed by atoms with Crippen molar-refractivity contribution in [2.45, 2.75) is 38.8 Å². The van der Waals surface area contributed by atoms with E-state index in [1.165, 1.54) is 12.8 Å². The topological polar surface area (TPSA) is 30.5 Å². The second-order valence-corrected chi connectivity index (χ2v) is 5.56. The Balaban J connectivity index is 2.07. The van der Waals surface area contributed by atoms with Crippen molar-refractivity contribution in [3.8, 4) is 11.5 Å². The zero-order chi connectivity index (χ0) is 14.5. The molecular formula is C16H22ClNO2. The highest BCUT2D eigenvalue weighted by molar-refractivity contribution is 6.32. The lowest BCUT2D eigenvalue weighted by Gasteiger charge is -2.15. The second-order valence-electron chi connectivity index (χ2n) is 5.16. The van der Waals surface area contributed by atoms with Gasteiger partial charge in [0.2, 0.25) is 0 Å². The summed E-state index contributed by atoms with van der Waals surface area (Å²) in [6.07, 6.45) is 3.43. The van der Waals surface area contributed by atoms with Crippen molar-refractivity contribution in [3.05, 3.63) is 34.9 Å². The summed E-state index contributed by atoms with van der Waals surface area (Å²) in [5.74, 6) is 1.27. The van der Waals surface area contributed by atoms with Gasteiger partial charge in [-0.1, -0.05) is 25.1 Å². The predicted molar refractivity (Wildman–Crippen MR) is 82.8 cm³/mol. The van der Waals surface area contributed by atoms with Crippen LogP contribution in [0.15, 0.2) is 24.3 Å². The average Bonchev–Trinajstić information content (AvgIpc) is 3.27. The number of hydrogen-bond donors (Lipinski definition) is 1. The zero-order valence-corrected chi connectivity index (χ0v) is 12.9. The van der Waals surface area contributed by atoms with E-state index in [2.05, 4.69) is 18.8 Å². The molecule has 110 valence electrons. The Hall–Kier alpha value is -1.19. The summed E-state index contributed by atoms with van der Waals surface area (Å²) in [6.45, 7) is 7.25. The van der Waals surface area contributed by atoms with Crippen LogP contribution >= 0.6 is 11.6 Å². The van der Waals surface area contributed by atoms with Crippen molar-refractivity contribution in [1.82, 2.24) is 5.32 Å². The Morgan fingerprint density at radius 3 is 2.80 bits per heavy atom. The lowest BCUT2D eigenvalue weighted by atomic mass is 10.2. The maximum atomic E-state index is 6.31. The maximum absolute atomic E-state index is 6.31. The van der Waals surface area contributed by atoms with Gasteiger partial charge in [0.1, 0.15) is 6.61 Å². The Labute approximate surface area is 125 Å². The number of methoxy groups -OCH3 is 1. The number of nitrogens with one attached hydrogen (secondary N) is 1. The van der Waals surface area contributed by atoms with E-state index in [9.17, 15) is 0 Å². The number of benzene rings is 1. The molecule has 0 radical (unpaired) electrons. The van der Waals surface area contributed by atoms with Gasteiger partial charge < -0.3 is 14.8 Å². The number of hydrogen-bond acceptors (Lipinski definition) is 3. The first-order valence-electron chi connectivity index (χ1n) is 7.03. The van der Waals surface area contributed by atoms with Crippen LogP contribution in [0.5, 0.6) is 11.5 Å². The van der Waals surface area contributed by atoms with Gasteiger partial charge in [0, 0.05) is 12.6 Å². The number of halogens is 1. The molecule has 0 unspecified atom stereocenters. The Kier molecular flexibility index (Phi) is 5.32. The minimum Gasteiger partial charge on any atom is -0.493 e. The van der Waals surface area contributed by atoms with Gasteiger partial charge in [-0.05, 0) is 42.5 Å². The van der Waals surface area contributed by atoms with E-state index >= 15 is 0 Å². The minimum absolute atomic E-state index is 0.465. The van der Waals surface area contributed by atoms with Crippen LogP contribution in [0.25, 0.3) is 0 Å². The van der Waals surface area contributed by atoms with Crippen LogP contribution in [0, 0.1) is 0 Å². The second kappa shape index (κ2) is 7.00. The highest BCUT2D eigenvalue weighted by Crippen LogP contribution is 2.37. The molecule has 3 nitrogen and oxygen atoms in total. The lowest BCUT2D eigenvalue weighted by molar-refractivity contribution is 0.317. The summed E-state index contributed by atoms with van der Waals surface area (Å²) in [5, 5.41) is 4.05. The van der Waals surface area contributed by atoms with Gasteiger partial charge in [0.25, 0.3) is 0 Å². The number of rotatable bonds is 8. The van der Waals surface area contributed by atoms with Crippen molar-refractivity contribution in [2.75, 3.05) is 13.7 Å². The lowest BCUT2D eigenvalue weighted by Crippen LogP contribution is -2.15. The van der Waals surface area contributed by atoms with Gasteiger partial charge >= 0.3 is 0 Å². The minimum atomic E-state index is 0.465. The van der Waals surface area contributed by atoms with Crippen molar-refractivity contribution in [2.24, 2.45) is 0 Å². The van der Waals surface area contributed by atoms with Crippen molar-refractivity contribution in [3.63, 3.8) is 0 Å². The summed E-state index contributed by atoms with van der Waals surface area (Å²) in [4.78, 5) is 0. The summed E-state index contributed by atoms with van der Waals surface area (Å²) in [7, 11) is 1.63. The zero-order valence-electron chi connectivity index (χ0n) is 12.2. The molecule has 4 heteroatoms. The standard InChI is InChI=1S/C16H22ClNO2/c1-4-11(2)10-20-16-14(17)7-12(8-15(16)19-3)9-18-13-5-6-13/h7-8,13,18H,2,4-6,9-10H2,1,3H3. The molecule has 1 N–H and O–H groups in total. The van der Waals surface area contributed by atoms with E-state index in [0.29, 0.717) is 29.2 Å². The molecular weight excluding hydrogens is 274 g/mol. The Morgan fingerprint density at radius 1 is 1.45 bits per heavy atom. The molecule has 0 aromatic heterocycles. The van der Waals surface area contributed by atoms with Gasteiger partial charge in [-0.3, -0.25) is 0 Å². The first-order chi connectivity index (χ1) is 9.63. The molecule has 0 aliphatic heterocycles. The Morgan fingerprint density at radius 2 is 2.20 bits per heavy atom. The molecule has 20 heavy (non-hydrogen) atoms. The van der Waals surface area contributed by atoms with Crippen LogP contribution in [0.2, 0.25) is 5.02 Å². The van der Waals surface area contributed by atoms with E-state index in [1.807, 2.05) is 12.1 Å². The van der Waals surface area contributed by atoms with Crippen LogP contribution in [0.1, 0.15) is 31.7 Å². The molecule has 1 fully saturated rings. The number of ether oxygens (including phenoxy) is 2. The summed E-state index contributed by atoms with van der Waals surface area (Å²) in [6, 6.07) is 4.58. The molecule has 0 heterocycles. The first-order valence-corrected chi connectivity index (χ1v) is 7.41. The fourth-order valence-electron chi connectivity index (χ4n) is 1.84. The highest BCUT2D eigenvalue weighted by atomic mass is 35.5. The molecule has 0 amide bonds. The van der Waals surface area contributed by atoms with Gasteiger partial charge in [-0.15, -0.1) is 0 Å². The van der Waals surface area contributed by atoms with E-state index in [0.717, 1.165) is 24.1 Å². The summed E-state index contributed by atoms with van der Waals surface area (Å²) >= 11 is 6.31. The van der Waals surface area contributed by atoms with E-state index in [-0.39, 0.29) is 0 Å². The SMILES string of the molecule is C=C(CC)COc1c(Cl)cc(CNC2CC2)cc1OC. The van der Waals surface area contributed by atoms with Gasteiger partial charge in [-0.2, -0.15) is 0 Å². The molecule has 1 saturated carbocycles. The monoisotopic (exact) mass is 295 g/mol. The fraction of sp³-hybridized carbons (Fsp3) is 0.500. The molecule has 0 atom stereocenters. The molecule has 1 aromatic rings. The third-order valence-electron chi connectivity index (χ3n) is 3.38. The smallest absolute Gasteiger partial charge is 0.180 e. The van der Waals surface area contributed by atoms with Gasteiger partial charge in [0.15, 0.2) is 11.5 Å². The molecule has 0 spiro atoms. The van der Waals surface area contributed by atoms with Crippen LogP contribution in [0.4, 0.5) is 0 Å². The van der Waals surface area contributed by atoms with E-state index in [1.54, 1.807) is 7.11 Å². The van der Waals surface area contributed by atoms with Crippen molar-refractivity contribution in [1.29, 1.82) is 0 Å². The first kappa shape index (κ1) is 15.2. The molecule has 0 saturated heterocycles. The van der Waals surface area contributed by atoms with Crippen molar-refractivity contribution < 1.29 is 9.47 Å². The summed E-state index contributed by atoms with van der Waals surface area (Å²) < 4.78 is 11.1. The average molecular weight is 296 g/mol. The molecule has 1 aromatic carbocycles. The van der Waals surface area contributed by atoms with Gasteiger partial charge in [0.05, 0.1) is 12.1 Å². The fourth-order valence-corrected chi connectivity index (χ4v) is 2.13. The Bertz CT molecular complexity index is 484. The van der Waals surface area contributed by atoms with Crippen LogP contribution in [0.3, 0.4) is 0 Å². The maximum Gasteiger partial charge on any atom is 0.180 e. The van der Waals surface area contributed by atoms with E-state index < -0.39 is 0 Å². The van der Waals surface area contributed by atoms with E-state index in [4.69, 9.17) is 21.1 Å². The van der Waals surface area contributed by atoms with Crippen LogP contribution in [-0.2, 0) is 6.54 Å². The molecule has 0 bridgehead atoms. The third-order valence-corrected chi connectivity index (χ3v) is 3.66. The van der Waals surface area contributed by atoms with Crippen molar-refractivity contribution >= 4 is 11.6 Å². The van der Waals surface area contributed by atoms with Crippen LogP contribution < -0.4 is 14.8 Å². The molecule has 1 aliphatic rings. The molecule has 2 rings (SSSR count).